The lowest BCUT2D eigenvalue weighted by Gasteiger charge is -2.18. The van der Waals surface area contributed by atoms with Gasteiger partial charge in [0.15, 0.2) is 5.13 Å². The molecule has 30 heavy (non-hydrogen) atoms. The number of hydrogen-bond donors (Lipinski definition) is 1. The summed E-state index contributed by atoms with van der Waals surface area (Å²) in [5.74, 6) is -0.469. The van der Waals surface area contributed by atoms with E-state index in [-0.39, 0.29) is 11.4 Å². The SMILES string of the molecule is CCN(CC)S(=O)(=O)c1ccc(=O)n(CC(=O)Nc2nc(-c3ccccc3)cs2)c1. The molecule has 0 bridgehead atoms. The molecule has 0 spiro atoms. The van der Waals surface area contributed by atoms with Crippen molar-refractivity contribution in [3.8, 4) is 11.3 Å². The van der Waals surface area contributed by atoms with Crippen LogP contribution in [0.2, 0.25) is 0 Å². The summed E-state index contributed by atoms with van der Waals surface area (Å²) in [5, 5.41) is 4.89. The second kappa shape index (κ2) is 9.33. The molecule has 0 aliphatic carbocycles. The van der Waals surface area contributed by atoms with Gasteiger partial charge < -0.3 is 9.88 Å². The fourth-order valence-electron chi connectivity index (χ4n) is 2.88. The van der Waals surface area contributed by atoms with Crippen LogP contribution in [0.5, 0.6) is 0 Å². The summed E-state index contributed by atoms with van der Waals surface area (Å²) in [6.07, 6.45) is 1.20. The lowest BCUT2D eigenvalue weighted by atomic mass is 10.2. The standard InChI is InChI=1S/C20H22N4O4S2/c1-3-24(4-2)30(27,28)16-10-11-19(26)23(12-16)13-18(25)22-20-21-17(14-29-20)15-8-6-5-7-9-15/h5-12,14H,3-4,13H2,1-2H3,(H,21,22,25). The molecule has 10 heteroatoms. The summed E-state index contributed by atoms with van der Waals surface area (Å²) in [4.78, 5) is 28.9. The number of anilines is 1. The van der Waals surface area contributed by atoms with E-state index in [1.165, 1.54) is 27.9 Å². The average Bonchev–Trinajstić information content (AvgIpc) is 3.19. The van der Waals surface area contributed by atoms with Crippen molar-refractivity contribution in [3.63, 3.8) is 0 Å². The largest absolute Gasteiger partial charge is 0.305 e. The number of nitrogens with one attached hydrogen (secondary N) is 1. The highest BCUT2D eigenvalue weighted by Crippen LogP contribution is 2.24. The zero-order valence-corrected chi connectivity index (χ0v) is 18.2. The Morgan fingerprint density at radius 1 is 1.13 bits per heavy atom. The van der Waals surface area contributed by atoms with Crippen molar-refractivity contribution < 1.29 is 13.2 Å². The summed E-state index contributed by atoms with van der Waals surface area (Å²) in [5.41, 5.74) is 1.20. The smallest absolute Gasteiger partial charge is 0.251 e. The van der Waals surface area contributed by atoms with Crippen molar-refractivity contribution in [2.24, 2.45) is 0 Å². The van der Waals surface area contributed by atoms with E-state index >= 15 is 0 Å². The maximum atomic E-state index is 12.7. The third-order valence-corrected chi connectivity index (χ3v) is 7.22. The Balaban J connectivity index is 1.76. The van der Waals surface area contributed by atoms with Gasteiger partial charge in [-0.3, -0.25) is 9.59 Å². The molecule has 1 N–H and O–H groups in total. The number of sulfonamides is 1. The molecule has 0 radical (unpaired) electrons. The fraction of sp³-hybridized carbons (Fsp3) is 0.250. The zero-order valence-electron chi connectivity index (χ0n) is 16.6. The third kappa shape index (κ3) is 4.84. The van der Waals surface area contributed by atoms with Crippen LogP contribution >= 0.6 is 11.3 Å². The predicted molar refractivity (Wildman–Crippen MR) is 117 cm³/mol. The Labute approximate surface area is 178 Å². The molecule has 0 aliphatic rings. The van der Waals surface area contributed by atoms with Gasteiger partial charge in [0.2, 0.25) is 15.9 Å². The quantitative estimate of drug-likeness (QED) is 0.573. The van der Waals surface area contributed by atoms with Gasteiger partial charge in [-0.2, -0.15) is 4.31 Å². The van der Waals surface area contributed by atoms with Crippen molar-refractivity contribution >= 4 is 32.4 Å². The third-order valence-electron chi connectivity index (χ3n) is 4.43. The Bertz CT molecular complexity index is 1180. The molecule has 0 saturated carbocycles. The highest BCUT2D eigenvalue weighted by Gasteiger charge is 2.22. The number of carbonyl (C=O) groups excluding carboxylic acids is 1. The predicted octanol–water partition coefficient (Wildman–Crippen LogP) is 2.64. The molecule has 0 saturated heterocycles. The van der Waals surface area contributed by atoms with Crippen LogP contribution in [0, 0.1) is 0 Å². The minimum atomic E-state index is -3.73. The van der Waals surface area contributed by atoms with E-state index in [0.29, 0.717) is 18.2 Å². The molecule has 3 rings (SSSR count). The van der Waals surface area contributed by atoms with Crippen LogP contribution in [0.1, 0.15) is 13.8 Å². The Morgan fingerprint density at radius 2 is 1.83 bits per heavy atom. The Morgan fingerprint density at radius 3 is 2.50 bits per heavy atom. The van der Waals surface area contributed by atoms with Crippen molar-refractivity contribution in [1.82, 2.24) is 13.9 Å². The monoisotopic (exact) mass is 446 g/mol. The normalized spacial score (nSPS) is 11.6. The van der Waals surface area contributed by atoms with Gasteiger partial charge in [-0.1, -0.05) is 44.2 Å². The average molecular weight is 447 g/mol. The fourth-order valence-corrected chi connectivity index (χ4v) is 5.10. The van der Waals surface area contributed by atoms with Gasteiger partial charge in [-0.15, -0.1) is 11.3 Å². The van der Waals surface area contributed by atoms with E-state index in [2.05, 4.69) is 10.3 Å². The maximum Gasteiger partial charge on any atom is 0.251 e. The number of hydrogen-bond acceptors (Lipinski definition) is 6. The van der Waals surface area contributed by atoms with E-state index in [0.717, 1.165) is 21.9 Å². The lowest BCUT2D eigenvalue weighted by Crippen LogP contribution is -2.33. The molecule has 1 aromatic carbocycles. The molecule has 2 aromatic heterocycles. The summed E-state index contributed by atoms with van der Waals surface area (Å²) in [6.45, 7) is 3.78. The maximum absolute atomic E-state index is 12.7. The first-order chi connectivity index (χ1) is 14.3. The van der Waals surface area contributed by atoms with Crippen LogP contribution in [0.3, 0.4) is 0 Å². The number of rotatable bonds is 8. The van der Waals surface area contributed by atoms with E-state index < -0.39 is 21.5 Å². The summed E-state index contributed by atoms with van der Waals surface area (Å²) in [6, 6.07) is 12.0. The highest BCUT2D eigenvalue weighted by atomic mass is 32.2. The first kappa shape index (κ1) is 21.9. The van der Waals surface area contributed by atoms with Gasteiger partial charge in [0.05, 0.1) is 10.6 Å². The van der Waals surface area contributed by atoms with Gasteiger partial charge in [0.1, 0.15) is 6.54 Å². The van der Waals surface area contributed by atoms with Crippen molar-refractivity contribution in [3.05, 3.63) is 64.4 Å². The van der Waals surface area contributed by atoms with Crippen LogP contribution < -0.4 is 10.9 Å². The number of pyridine rings is 1. The second-order valence-corrected chi connectivity index (χ2v) is 9.17. The molecule has 2 heterocycles. The zero-order chi connectivity index (χ0) is 21.7. The molecular formula is C20H22N4O4S2. The number of carbonyl (C=O) groups is 1. The van der Waals surface area contributed by atoms with E-state index in [4.69, 9.17) is 0 Å². The van der Waals surface area contributed by atoms with Crippen LogP contribution in [0.25, 0.3) is 11.3 Å². The molecule has 0 fully saturated rings. The van der Waals surface area contributed by atoms with Crippen LogP contribution in [0.15, 0.2) is 63.7 Å². The summed E-state index contributed by atoms with van der Waals surface area (Å²) >= 11 is 1.27. The molecule has 0 unspecified atom stereocenters. The number of aromatic nitrogens is 2. The Hall–Kier alpha value is -2.82. The topological polar surface area (TPSA) is 101 Å². The number of benzene rings is 1. The van der Waals surface area contributed by atoms with Gasteiger partial charge >= 0.3 is 0 Å². The van der Waals surface area contributed by atoms with Crippen LogP contribution in [-0.2, 0) is 21.4 Å². The van der Waals surface area contributed by atoms with Crippen molar-refractivity contribution in [2.45, 2.75) is 25.3 Å². The van der Waals surface area contributed by atoms with Crippen molar-refractivity contribution in [1.29, 1.82) is 0 Å². The summed E-state index contributed by atoms with van der Waals surface area (Å²) in [7, 11) is -3.73. The first-order valence-electron chi connectivity index (χ1n) is 9.36. The van der Waals surface area contributed by atoms with Crippen LogP contribution in [-0.4, -0.2) is 41.3 Å². The van der Waals surface area contributed by atoms with Gasteiger partial charge in [0.25, 0.3) is 5.56 Å². The van der Waals surface area contributed by atoms with Crippen molar-refractivity contribution in [2.75, 3.05) is 18.4 Å². The lowest BCUT2D eigenvalue weighted by molar-refractivity contribution is -0.116. The molecule has 0 atom stereocenters. The van der Waals surface area contributed by atoms with E-state index in [1.807, 2.05) is 35.7 Å². The number of thiazole rings is 1. The highest BCUT2D eigenvalue weighted by molar-refractivity contribution is 7.89. The van der Waals surface area contributed by atoms with E-state index in [1.54, 1.807) is 13.8 Å². The molecule has 1 amide bonds. The number of amides is 1. The molecule has 8 nitrogen and oxygen atoms in total. The van der Waals surface area contributed by atoms with Crippen LogP contribution in [0.4, 0.5) is 5.13 Å². The first-order valence-corrected chi connectivity index (χ1v) is 11.7. The molecule has 3 aromatic rings. The summed E-state index contributed by atoms with van der Waals surface area (Å²) < 4.78 is 27.7. The van der Waals surface area contributed by atoms with Gasteiger partial charge in [-0.05, 0) is 6.07 Å². The van der Waals surface area contributed by atoms with Gasteiger partial charge in [0, 0.05) is 36.3 Å². The van der Waals surface area contributed by atoms with Gasteiger partial charge in [-0.25, -0.2) is 13.4 Å². The van der Waals surface area contributed by atoms with E-state index in [9.17, 15) is 18.0 Å². The minimum Gasteiger partial charge on any atom is -0.305 e. The molecule has 158 valence electrons. The molecular weight excluding hydrogens is 424 g/mol. The molecule has 0 aliphatic heterocycles. The second-order valence-electron chi connectivity index (χ2n) is 6.37. The minimum absolute atomic E-state index is 0.0285. The Kier molecular flexibility index (Phi) is 6.80. The number of nitrogens with zero attached hydrogens (tertiary/aromatic N) is 3.